The maximum absolute atomic E-state index is 13.8. The normalized spacial score (nSPS) is 15.0. The first kappa shape index (κ1) is 14.3. The van der Waals surface area contributed by atoms with Gasteiger partial charge in [-0.2, -0.15) is 0 Å². The van der Waals surface area contributed by atoms with Gasteiger partial charge in [0.05, 0.1) is 17.2 Å². The molecule has 0 saturated carbocycles. The minimum Gasteiger partial charge on any atom is -0.378 e. The molecule has 1 heterocycles. The summed E-state index contributed by atoms with van der Waals surface area (Å²) in [7, 11) is 1.46. The molecule has 2 aromatic rings. The van der Waals surface area contributed by atoms with Crippen molar-refractivity contribution in [2.45, 2.75) is 13.0 Å². The van der Waals surface area contributed by atoms with Gasteiger partial charge in [0.1, 0.15) is 5.82 Å². The van der Waals surface area contributed by atoms with E-state index in [4.69, 9.17) is 0 Å². The smallest absolute Gasteiger partial charge is 0.261 e. The van der Waals surface area contributed by atoms with Gasteiger partial charge >= 0.3 is 0 Å². The molecular formula is C17H15FN2O2. The Balaban J connectivity index is 1.88. The van der Waals surface area contributed by atoms with Gasteiger partial charge in [0.25, 0.3) is 11.8 Å². The van der Waals surface area contributed by atoms with E-state index in [2.05, 4.69) is 5.32 Å². The summed E-state index contributed by atoms with van der Waals surface area (Å²) in [6.45, 7) is 1.84. The molecule has 3 rings (SSSR count). The van der Waals surface area contributed by atoms with Crippen LogP contribution in [0.15, 0.2) is 42.5 Å². The number of nitrogens with zero attached hydrogens (tertiary/aromatic N) is 1. The van der Waals surface area contributed by atoms with Crippen LogP contribution in [0.2, 0.25) is 0 Å². The van der Waals surface area contributed by atoms with Gasteiger partial charge in [-0.25, -0.2) is 4.39 Å². The zero-order chi connectivity index (χ0) is 15.9. The van der Waals surface area contributed by atoms with Crippen LogP contribution in [0.3, 0.4) is 0 Å². The first-order valence-corrected chi connectivity index (χ1v) is 6.96. The van der Waals surface area contributed by atoms with Gasteiger partial charge < -0.3 is 5.32 Å². The van der Waals surface area contributed by atoms with Crippen molar-refractivity contribution in [3.8, 4) is 0 Å². The monoisotopic (exact) mass is 298 g/mol. The van der Waals surface area contributed by atoms with Crippen LogP contribution in [-0.4, -0.2) is 23.8 Å². The van der Waals surface area contributed by atoms with Crippen LogP contribution in [0, 0.1) is 5.82 Å². The van der Waals surface area contributed by atoms with E-state index < -0.39 is 0 Å². The molecule has 0 aliphatic carbocycles. The van der Waals surface area contributed by atoms with Gasteiger partial charge in [0.15, 0.2) is 0 Å². The fourth-order valence-corrected chi connectivity index (χ4v) is 2.61. The zero-order valence-electron chi connectivity index (χ0n) is 12.3. The summed E-state index contributed by atoms with van der Waals surface area (Å²) in [6.07, 6.45) is 0. The SMILES string of the molecule is CC(Nc1ccc2c(c1)C(=O)N(C)C2=O)c1ccccc1F. The number of hydrogen-bond donors (Lipinski definition) is 1. The van der Waals surface area contributed by atoms with E-state index in [0.29, 0.717) is 22.4 Å². The van der Waals surface area contributed by atoms with Crippen molar-refractivity contribution in [2.75, 3.05) is 12.4 Å². The second-order valence-electron chi connectivity index (χ2n) is 5.32. The van der Waals surface area contributed by atoms with Crippen molar-refractivity contribution in [3.05, 3.63) is 65.0 Å². The highest BCUT2D eigenvalue weighted by Gasteiger charge is 2.32. The Labute approximate surface area is 127 Å². The Hall–Kier alpha value is -2.69. The Kier molecular flexibility index (Phi) is 3.41. The molecule has 0 spiro atoms. The second kappa shape index (κ2) is 5.26. The minimum absolute atomic E-state index is 0.260. The lowest BCUT2D eigenvalue weighted by atomic mass is 10.1. The molecule has 4 nitrogen and oxygen atoms in total. The number of halogens is 1. The van der Waals surface area contributed by atoms with Gasteiger partial charge in [-0.05, 0) is 31.2 Å². The number of amides is 2. The molecule has 1 aliphatic rings. The van der Waals surface area contributed by atoms with Gasteiger partial charge in [-0.3, -0.25) is 14.5 Å². The average Bonchev–Trinajstić information content (AvgIpc) is 2.72. The number of carbonyl (C=O) groups is 2. The van der Waals surface area contributed by atoms with Gasteiger partial charge in [0, 0.05) is 18.3 Å². The Morgan fingerprint density at radius 1 is 1.05 bits per heavy atom. The molecule has 1 N–H and O–H groups in total. The topological polar surface area (TPSA) is 49.4 Å². The third-order valence-corrected chi connectivity index (χ3v) is 3.84. The largest absolute Gasteiger partial charge is 0.378 e. The molecular weight excluding hydrogens is 283 g/mol. The average molecular weight is 298 g/mol. The lowest BCUT2D eigenvalue weighted by molar-refractivity contribution is 0.0693. The number of carbonyl (C=O) groups excluding carboxylic acids is 2. The third kappa shape index (κ3) is 2.24. The minimum atomic E-state index is -0.317. The molecule has 1 aliphatic heterocycles. The van der Waals surface area contributed by atoms with Crippen LogP contribution in [0.25, 0.3) is 0 Å². The second-order valence-corrected chi connectivity index (χ2v) is 5.32. The predicted octanol–water partition coefficient (Wildman–Crippen LogP) is 3.22. The highest BCUT2D eigenvalue weighted by atomic mass is 19.1. The van der Waals surface area contributed by atoms with E-state index in [-0.39, 0.29) is 23.7 Å². The van der Waals surface area contributed by atoms with Crippen molar-refractivity contribution < 1.29 is 14.0 Å². The van der Waals surface area contributed by atoms with Gasteiger partial charge in [-0.1, -0.05) is 18.2 Å². The molecule has 0 radical (unpaired) electrons. The van der Waals surface area contributed by atoms with Crippen LogP contribution in [0.1, 0.15) is 39.2 Å². The van der Waals surface area contributed by atoms with Crippen LogP contribution in [-0.2, 0) is 0 Å². The van der Waals surface area contributed by atoms with Crippen molar-refractivity contribution in [1.82, 2.24) is 4.90 Å². The molecule has 22 heavy (non-hydrogen) atoms. The van der Waals surface area contributed by atoms with Crippen molar-refractivity contribution in [2.24, 2.45) is 0 Å². The molecule has 112 valence electrons. The highest BCUT2D eigenvalue weighted by Crippen LogP contribution is 2.27. The standard InChI is InChI=1S/C17H15FN2O2/c1-10(12-5-3-4-6-15(12)18)19-11-7-8-13-14(9-11)17(22)20(2)16(13)21/h3-10,19H,1-2H3. The quantitative estimate of drug-likeness (QED) is 0.885. The number of fused-ring (bicyclic) bond motifs is 1. The van der Waals surface area contributed by atoms with E-state index in [1.54, 1.807) is 36.4 Å². The van der Waals surface area contributed by atoms with E-state index >= 15 is 0 Å². The fourth-order valence-electron chi connectivity index (χ4n) is 2.61. The van der Waals surface area contributed by atoms with Crippen LogP contribution in [0.4, 0.5) is 10.1 Å². The first-order chi connectivity index (χ1) is 10.5. The lowest BCUT2D eigenvalue weighted by Crippen LogP contribution is -2.24. The van der Waals surface area contributed by atoms with Crippen molar-refractivity contribution in [3.63, 3.8) is 0 Å². The Morgan fingerprint density at radius 2 is 1.73 bits per heavy atom. The summed E-state index contributed by atoms with van der Waals surface area (Å²) in [6, 6.07) is 11.3. The van der Waals surface area contributed by atoms with Crippen molar-refractivity contribution in [1.29, 1.82) is 0 Å². The fraction of sp³-hybridized carbons (Fsp3) is 0.176. The van der Waals surface area contributed by atoms with Crippen LogP contribution >= 0.6 is 0 Å². The van der Waals surface area contributed by atoms with E-state index in [9.17, 15) is 14.0 Å². The van der Waals surface area contributed by atoms with Gasteiger partial charge in [-0.15, -0.1) is 0 Å². The molecule has 0 saturated heterocycles. The highest BCUT2D eigenvalue weighted by molar-refractivity contribution is 6.21. The Morgan fingerprint density at radius 3 is 2.45 bits per heavy atom. The maximum atomic E-state index is 13.8. The molecule has 0 aromatic heterocycles. The number of hydrogen-bond acceptors (Lipinski definition) is 3. The number of rotatable bonds is 3. The zero-order valence-corrected chi connectivity index (χ0v) is 12.3. The predicted molar refractivity (Wildman–Crippen MR) is 81.3 cm³/mol. The van der Waals surface area contributed by atoms with Gasteiger partial charge in [0.2, 0.25) is 0 Å². The molecule has 0 bridgehead atoms. The summed E-state index contributed by atoms with van der Waals surface area (Å²) < 4.78 is 13.8. The lowest BCUT2D eigenvalue weighted by Gasteiger charge is -2.16. The summed E-state index contributed by atoms with van der Waals surface area (Å²) in [5, 5.41) is 3.16. The molecule has 1 atom stereocenters. The number of nitrogens with one attached hydrogen (secondary N) is 1. The summed E-state index contributed by atoms with van der Waals surface area (Å²) in [5.41, 5.74) is 1.99. The first-order valence-electron chi connectivity index (χ1n) is 6.96. The molecule has 0 fully saturated rings. The molecule has 2 aromatic carbocycles. The van der Waals surface area contributed by atoms with Crippen molar-refractivity contribution >= 4 is 17.5 Å². The third-order valence-electron chi connectivity index (χ3n) is 3.84. The van der Waals surface area contributed by atoms with E-state index in [1.165, 1.54) is 13.1 Å². The van der Waals surface area contributed by atoms with E-state index in [1.807, 2.05) is 6.92 Å². The molecule has 2 amide bonds. The van der Waals surface area contributed by atoms with E-state index in [0.717, 1.165) is 4.90 Å². The molecule has 1 unspecified atom stereocenters. The summed E-state index contributed by atoms with van der Waals surface area (Å²) in [5.74, 6) is -0.898. The maximum Gasteiger partial charge on any atom is 0.261 e. The Bertz CT molecular complexity index is 773. The summed E-state index contributed by atoms with van der Waals surface area (Å²) >= 11 is 0. The number of imide groups is 1. The summed E-state index contributed by atoms with van der Waals surface area (Å²) in [4.78, 5) is 24.9. The molecule has 5 heteroatoms. The number of anilines is 1. The van der Waals surface area contributed by atoms with Crippen LogP contribution < -0.4 is 5.32 Å². The number of benzene rings is 2. The van der Waals surface area contributed by atoms with Crippen LogP contribution in [0.5, 0.6) is 0 Å².